The summed E-state index contributed by atoms with van der Waals surface area (Å²) < 4.78 is 6.93. The lowest BCUT2D eigenvalue weighted by atomic mass is 9.67. The molecule has 1 aromatic heterocycles. The monoisotopic (exact) mass is 138 g/mol. The van der Waals surface area contributed by atoms with E-state index >= 15 is 0 Å². The fourth-order valence-electron chi connectivity index (χ4n) is 0.904. The van der Waals surface area contributed by atoms with Crippen LogP contribution >= 0.6 is 0 Å². The SMILES string of the molecule is COB(C)c1ccnn1C. The fourth-order valence-corrected chi connectivity index (χ4v) is 0.904. The second kappa shape index (κ2) is 2.88. The number of nitrogens with zero attached hydrogens (tertiary/aromatic N) is 2. The summed E-state index contributed by atoms with van der Waals surface area (Å²) >= 11 is 0. The third-order valence-corrected chi connectivity index (χ3v) is 1.63. The summed E-state index contributed by atoms with van der Waals surface area (Å²) in [6.45, 7) is 2.13. The summed E-state index contributed by atoms with van der Waals surface area (Å²) in [6, 6.07) is 1.95. The van der Waals surface area contributed by atoms with Crippen LogP contribution in [0.1, 0.15) is 0 Å². The number of hydrogen-bond donors (Lipinski definition) is 0. The normalized spacial score (nSPS) is 9.90. The van der Waals surface area contributed by atoms with Crippen molar-refractivity contribution in [2.75, 3.05) is 7.11 Å². The Balaban J connectivity index is 2.82. The Morgan fingerprint density at radius 3 is 2.80 bits per heavy atom. The van der Waals surface area contributed by atoms with Gasteiger partial charge < -0.3 is 4.65 Å². The van der Waals surface area contributed by atoms with E-state index in [9.17, 15) is 0 Å². The Labute approximate surface area is 61.1 Å². The predicted octanol–water partition coefficient (Wildman–Crippen LogP) is -0.105. The maximum Gasteiger partial charge on any atom is 0.342 e. The molecule has 0 saturated carbocycles. The van der Waals surface area contributed by atoms with Gasteiger partial charge in [0.15, 0.2) is 0 Å². The molecule has 0 unspecified atom stereocenters. The van der Waals surface area contributed by atoms with Crippen LogP contribution in [0.15, 0.2) is 12.3 Å². The second-order valence-electron chi connectivity index (χ2n) is 2.26. The molecule has 0 radical (unpaired) electrons. The van der Waals surface area contributed by atoms with E-state index in [0.29, 0.717) is 0 Å². The third-order valence-electron chi connectivity index (χ3n) is 1.63. The highest BCUT2D eigenvalue weighted by atomic mass is 16.4. The zero-order chi connectivity index (χ0) is 7.56. The molecule has 0 fully saturated rings. The lowest BCUT2D eigenvalue weighted by Gasteiger charge is -2.04. The van der Waals surface area contributed by atoms with Gasteiger partial charge in [0.2, 0.25) is 0 Å². The first-order valence-electron chi connectivity index (χ1n) is 3.26. The molecule has 0 atom stereocenters. The van der Waals surface area contributed by atoms with Crippen LogP contribution in [0.25, 0.3) is 0 Å². The van der Waals surface area contributed by atoms with Gasteiger partial charge in [-0.1, -0.05) is 6.82 Å². The maximum atomic E-state index is 5.11. The summed E-state index contributed by atoms with van der Waals surface area (Å²) in [5.41, 5.74) is 1.10. The van der Waals surface area contributed by atoms with E-state index in [1.165, 1.54) is 0 Å². The second-order valence-corrected chi connectivity index (χ2v) is 2.26. The van der Waals surface area contributed by atoms with Gasteiger partial charge in [0.05, 0.1) is 0 Å². The lowest BCUT2D eigenvalue weighted by Crippen LogP contribution is -2.34. The Hall–Kier alpha value is -0.765. The van der Waals surface area contributed by atoms with Gasteiger partial charge in [-0.2, -0.15) is 5.10 Å². The molecule has 0 amide bonds. The van der Waals surface area contributed by atoms with Crippen LogP contribution in [0, 0.1) is 0 Å². The van der Waals surface area contributed by atoms with Crippen molar-refractivity contribution in [2.45, 2.75) is 6.82 Å². The fraction of sp³-hybridized carbons (Fsp3) is 0.500. The van der Waals surface area contributed by atoms with E-state index in [2.05, 4.69) is 5.10 Å². The van der Waals surface area contributed by atoms with Crippen LogP contribution in [0.4, 0.5) is 0 Å². The van der Waals surface area contributed by atoms with Gasteiger partial charge in [-0.05, 0) is 6.07 Å². The Morgan fingerprint density at radius 2 is 2.40 bits per heavy atom. The standard InChI is InChI=1S/C6H11BN2O/c1-7(10-3)6-4-5-8-9(6)2/h4-5H,1-3H3. The molecule has 0 aliphatic rings. The molecule has 10 heavy (non-hydrogen) atoms. The smallest absolute Gasteiger partial charge is 0.342 e. The molecule has 3 nitrogen and oxygen atoms in total. The first-order valence-corrected chi connectivity index (χ1v) is 3.26. The molecule has 1 aromatic rings. The van der Waals surface area contributed by atoms with E-state index < -0.39 is 0 Å². The van der Waals surface area contributed by atoms with E-state index in [0.717, 1.165) is 5.59 Å². The van der Waals surface area contributed by atoms with Crippen molar-refractivity contribution in [3.05, 3.63) is 12.3 Å². The topological polar surface area (TPSA) is 27.1 Å². The quantitative estimate of drug-likeness (QED) is 0.533. The summed E-state index contributed by atoms with van der Waals surface area (Å²) in [5.74, 6) is 0. The van der Waals surface area contributed by atoms with Crippen LogP contribution in [0.3, 0.4) is 0 Å². The molecule has 0 aliphatic carbocycles. The first kappa shape index (κ1) is 7.34. The maximum absolute atomic E-state index is 5.11. The molecule has 4 heteroatoms. The van der Waals surface area contributed by atoms with Crippen LogP contribution in [0.5, 0.6) is 0 Å². The summed E-state index contributed by atoms with van der Waals surface area (Å²) in [6.07, 6.45) is 1.77. The van der Waals surface area contributed by atoms with Gasteiger partial charge in [0.1, 0.15) is 0 Å². The minimum atomic E-state index is 0.132. The molecule has 0 spiro atoms. The van der Waals surface area contributed by atoms with Crippen LogP contribution < -0.4 is 5.59 Å². The molecule has 0 N–H and O–H groups in total. The molecule has 0 aromatic carbocycles. The number of aromatic nitrogens is 2. The highest BCUT2D eigenvalue weighted by Crippen LogP contribution is 1.84. The minimum Gasteiger partial charge on any atom is -0.432 e. The average Bonchev–Trinajstić information content (AvgIpc) is 2.34. The van der Waals surface area contributed by atoms with Crippen LogP contribution in [-0.2, 0) is 11.7 Å². The summed E-state index contributed by atoms with van der Waals surface area (Å²) in [4.78, 5) is 0. The summed E-state index contributed by atoms with van der Waals surface area (Å²) in [5, 5.41) is 4.02. The molecule has 54 valence electrons. The Kier molecular flexibility index (Phi) is 2.11. The van der Waals surface area contributed by atoms with Crippen molar-refractivity contribution in [1.82, 2.24) is 9.78 Å². The van der Waals surface area contributed by atoms with Crippen molar-refractivity contribution in [1.29, 1.82) is 0 Å². The number of hydrogen-bond acceptors (Lipinski definition) is 2. The first-order chi connectivity index (χ1) is 4.75. The molecule has 0 aliphatic heterocycles. The van der Waals surface area contributed by atoms with Gasteiger partial charge in [-0.3, -0.25) is 4.68 Å². The zero-order valence-corrected chi connectivity index (χ0v) is 6.53. The lowest BCUT2D eigenvalue weighted by molar-refractivity contribution is 0.432. The molecule has 1 rings (SSSR count). The van der Waals surface area contributed by atoms with Gasteiger partial charge >= 0.3 is 6.92 Å². The van der Waals surface area contributed by atoms with E-state index in [4.69, 9.17) is 4.65 Å². The average molecular weight is 138 g/mol. The zero-order valence-electron chi connectivity index (χ0n) is 6.53. The third kappa shape index (κ3) is 1.21. The van der Waals surface area contributed by atoms with Crippen molar-refractivity contribution in [2.24, 2.45) is 7.05 Å². The van der Waals surface area contributed by atoms with Gasteiger partial charge in [-0.25, -0.2) is 0 Å². The predicted molar refractivity (Wildman–Crippen MR) is 41.5 cm³/mol. The van der Waals surface area contributed by atoms with Crippen molar-refractivity contribution < 1.29 is 4.65 Å². The van der Waals surface area contributed by atoms with Crippen molar-refractivity contribution in [3.8, 4) is 0 Å². The highest BCUT2D eigenvalue weighted by molar-refractivity contribution is 6.65. The largest absolute Gasteiger partial charge is 0.432 e. The Morgan fingerprint density at radius 1 is 1.70 bits per heavy atom. The van der Waals surface area contributed by atoms with Crippen molar-refractivity contribution >= 4 is 12.5 Å². The molecule has 0 bridgehead atoms. The molecule has 0 saturated heterocycles. The molecule has 1 heterocycles. The van der Waals surface area contributed by atoms with Crippen LogP contribution in [-0.4, -0.2) is 23.8 Å². The van der Waals surface area contributed by atoms with Crippen molar-refractivity contribution in [3.63, 3.8) is 0 Å². The van der Waals surface area contributed by atoms with Crippen LogP contribution in [0.2, 0.25) is 6.82 Å². The Bertz CT molecular complexity index is 211. The summed E-state index contributed by atoms with van der Waals surface area (Å²) in [7, 11) is 3.60. The number of aryl methyl sites for hydroxylation is 1. The van der Waals surface area contributed by atoms with E-state index in [1.807, 2.05) is 24.6 Å². The minimum absolute atomic E-state index is 0.132. The van der Waals surface area contributed by atoms with Gasteiger partial charge in [-0.15, -0.1) is 0 Å². The highest BCUT2D eigenvalue weighted by Gasteiger charge is 2.12. The van der Waals surface area contributed by atoms with E-state index in [-0.39, 0.29) is 6.92 Å². The molecular weight excluding hydrogens is 127 g/mol. The number of rotatable bonds is 2. The van der Waals surface area contributed by atoms with Gasteiger partial charge in [0.25, 0.3) is 0 Å². The molecular formula is C6H11BN2O. The van der Waals surface area contributed by atoms with Gasteiger partial charge in [0, 0.05) is 25.9 Å². The van der Waals surface area contributed by atoms with E-state index in [1.54, 1.807) is 13.3 Å².